The number of likely N-dealkylation sites (tertiary alicyclic amines) is 1. The van der Waals surface area contributed by atoms with Crippen LogP contribution in [0.15, 0.2) is 0 Å². The predicted molar refractivity (Wildman–Crippen MR) is 99.5 cm³/mol. The van der Waals surface area contributed by atoms with E-state index in [0.29, 0.717) is 23.9 Å². The summed E-state index contributed by atoms with van der Waals surface area (Å²) in [5.74, 6) is 1.70. The molecule has 3 saturated carbocycles. The number of hydrogen-bond acceptors (Lipinski definition) is 5. The monoisotopic (exact) mass is 361 g/mol. The van der Waals surface area contributed by atoms with Crippen LogP contribution in [0.3, 0.4) is 0 Å². The second-order valence-corrected chi connectivity index (χ2v) is 9.61. The quantitative estimate of drug-likeness (QED) is 0.726. The lowest BCUT2D eigenvalue weighted by molar-refractivity contribution is -0.150. The molecular formula is C19H32BN3O3. The third kappa shape index (κ3) is 2.74. The Kier molecular flexibility index (Phi) is 4.35. The van der Waals surface area contributed by atoms with Gasteiger partial charge in [0, 0.05) is 19.1 Å². The van der Waals surface area contributed by atoms with Crippen LogP contribution in [-0.4, -0.2) is 68.3 Å². The Hall–Kier alpha value is -0.625. The van der Waals surface area contributed by atoms with Gasteiger partial charge in [0.05, 0.1) is 24.7 Å². The van der Waals surface area contributed by atoms with E-state index in [4.69, 9.17) is 9.31 Å². The molecule has 6 nitrogen and oxygen atoms in total. The van der Waals surface area contributed by atoms with Crippen molar-refractivity contribution in [2.45, 2.75) is 70.1 Å². The molecule has 0 aromatic rings. The standard InChI is InChI=1S/C19H32BN3O3/c1-19(2)12-8-14(19)18-15(9-12)25-20(26-18)16-4-3-7-23(16)17(24)11-22-13-5-6-21-10-13/h12-16,18,21-22H,3-11H2,1-2H3/t12?,13-,14?,15?,16?,18?/m1/s1. The number of rotatable bonds is 4. The van der Waals surface area contributed by atoms with Gasteiger partial charge in [0.15, 0.2) is 0 Å². The molecule has 144 valence electrons. The van der Waals surface area contributed by atoms with E-state index in [1.165, 1.54) is 6.42 Å². The van der Waals surface area contributed by atoms with Crippen LogP contribution in [0.25, 0.3) is 0 Å². The van der Waals surface area contributed by atoms with Gasteiger partial charge in [0.1, 0.15) is 0 Å². The van der Waals surface area contributed by atoms with Crippen LogP contribution >= 0.6 is 0 Å². The van der Waals surface area contributed by atoms with E-state index in [0.717, 1.165) is 51.2 Å². The third-order valence-electron chi connectivity index (χ3n) is 7.96. The molecule has 2 N–H and O–H groups in total. The molecule has 3 aliphatic carbocycles. The van der Waals surface area contributed by atoms with E-state index in [-0.39, 0.29) is 31.2 Å². The molecule has 1 amide bonds. The van der Waals surface area contributed by atoms with E-state index in [1.54, 1.807) is 0 Å². The summed E-state index contributed by atoms with van der Waals surface area (Å²) in [4.78, 5) is 14.8. The molecule has 5 unspecified atom stereocenters. The third-order valence-corrected chi connectivity index (χ3v) is 7.96. The van der Waals surface area contributed by atoms with Crippen molar-refractivity contribution < 1.29 is 14.1 Å². The van der Waals surface area contributed by atoms with Crippen molar-refractivity contribution in [2.75, 3.05) is 26.2 Å². The van der Waals surface area contributed by atoms with Gasteiger partial charge in [-0.05, 0) is 55.9 Å². The number of carbonyl (C=O) groups is 1. The zero-order valence-electron chi connectivity index (χ0n) is 16.1. The second-order valence-electron chi connectivity index (χ2n) is 9.61. The van der Waals surface area contributed by atoms with E-state index in [2.05, 4.69) is 24.5 Å². The fourth-order valence-electron chi connectivity index (χ4n) is 6.09. The Morgan fingerprint density at radius 3 is 2.96 bits per heavy atom. The van der Waals surface area contributed by atoms with Crippen molar-refractivity contribution >= 4 is 13.0 Å². The maximum atomic E-state index is 12.8. The first-order valence-electron chi connectivity index (χ1n) is 10.6. The number of amides is 1. The van der Waals surface area contributed by atoms with Crippen molar-refractivity contribution in [3.8, 4) is 0 Å². The van der Waals surface area contributed by atoms with E-state index in [1.807, 2.05) is 4.90 Å². The van der Waals surface area contributed by atoms with Crippen LogP contribution in [0.4, 0.5) is 0 Å². The minimum atomic E-state index is -0.222. The van der Waals surface area contributed by atoms with Gasteiger partial charge in [-0.25, -0.2) is 0 Å². The zero-order valence-corrected chi connectivity index (χ0v) is 16.1. The van der Waals surface area contributed by atoms with Gasteiger partial charge in [0.2, 0.25) is 5.91 Å². The fourth-order valence-corrected chi connectivity index (χ4v) is 6.09. The Bertz CT molecular complexity index is 568. The molecule has 6 rings (SSSR count). The summed E-state index contributed by atoms with van der Waals surface area (Å²) in [5.41, 5.74) is 0.393. The lowest BCUT2D eigenvalue weighted by Crippen LogP contribution is -2.59. The van der Waals surface area contributed by atoms with Gasteiger partial charge in [-0.2, -0.15) is 0 Å². The Morgan fingerprint density at radius 2 is 2.19 bits per heavy atom. The first-order valence-corrected chi connectivity index (χ1v) is 10.6. The van der Waals surface area contributed by atoms with Crippen LogP contribution in [-0.2, 0) is 14.1 Å². The summed E-state index contributed by atoms with van der Waals surface area (Å²) >= 11 is 0. The maximum Gasteiger partial charge on any atom is 0.481 e. The van der Waals surface area contributed by atoms with E-state index >= 15 is 0 Å². The molecule has 0 aromatic carbocycles. The molecule has 3 aliphatic heterocycles. The van der Waals surface area contributed by atoms with Crippen molar-refractivity contribution in [1.29, 1.82) is 0 Å². The molecule has 7 heteroatoms. The molecule has 26 heavy (non-hydrogen) atoms. The average molecular weight is 361 g/mol. The normalized spacial score (nSPS) is 43.5. The minimum absolute atomic E-state index is 0.0944. The lowest BCUT2D eigenvalue weighted by atomic mass is 9.47. The second kappa shape index (κ2) is 6.47. The Labute approximate surface area is 156 Å². The van der Waals surface area contributed by atoms with Gasteiger partial charge in [-0.1, -0.05) is 13.8 Å². The molecule has 6 fully saturated rings. The Balaban J connectivity index is 1.20. The van der Waals surface area contributed by atoms with Crippen LogP contribution in [0.5, 0.6) is 0 Å². The van der Waals surface area contributed by atoms with Gasteiger partial charge >= 0.3 is 7.12 Å². The molecule has 6 aliphatic rings. The predicted octanol–water partition coefficient (Wildman–Crippen LogP) is 0.806. The van der Waals surface area contributed by atoms with Gasteiger partial charge in [-0.15, -0.1) is 0 Å². The van der Waals surface area contributed by atoms with E-state index in [9.17, 15) is 4.79 Å². The minimum Gasteiger partial charge on any atom is -0.404 e. The largest absolute Gasteiger partial charge is 0.481 e. The highest BCUT2D eigenvalue weighted by atomic mass is 16.7. The number of nitrogens with zero attached hydrogens (tertiary/aromatic N) is 1. The van der Waals surface area contributed by atoms with Crippen LogP contribution in [0.2, 0.25) is 0 Å². The van der Waals surface area contributed by atoms with Crippen LogP contribution < -0.4 is 10.6 Å². The molecule has 3 heterocycles. The SMILES string of the molecule is CC1(C)C2CC3OB(C4CCCN4C(=O)CN[C@@H]4CCNC4)OC3C1C2. The molecule has 0 aromatic heterocycles. The van der Waals surface area contributed by atoms with Gasteiger partial charge < -0.3 is 24.8 Å². The average Bonchev–Trinajstić information content (AvgIpc) is 3.38. The van der Waals surface area contributed by atoms with Crippen molar-refractivity contribution in [3.63, 3.8) is 0 Å². The summed E-state index contributed by atoms with van der Waals surface area (Å²) in [5, 5.41) is 6.74. The molecule has 0 spiro atoms. The Morgan fingerprint density at radius 1 is 1.31 bits per heavy atom. The topological polar surface area (TPSA) is 62.8 Å². The summed E-state index contributed by atoms with van der Waals surface area (Å²) in [6, 6.07) is 0.427. The lowest BCUT2D eigenvalue weighted by Gasteiger charge is -2.60. The summed E-state index contributed by atoms with van der Waals surface area (Å²) < 4.78 is 12.8. The van der Waals surface area contributed by atoms with Crippen molar-refractivity contribution in [2.24, 2.45) is 17.3 Å². The molecule has 2 bridgehead atoms. The van der Waals surface area contributed by atoms with Crippen molar-refractivity contribution in [1.82, 2.24) is 15.5 Å². The highest BCUT2D eigenvalue weighted by Gasteiger charge is 2.63. The summed E-state index contributed by atoms with van der Waals surface area (Å²) in [6.07, 6.45) is 6.05. The number of hydrogen-bond donors (Lipinski definition) is 2. The zero-order chi connectivity index (χ0) is 17.9. The van der Waals surface area contributed by atoms with Crippen molar-refractivity contribution in [3.05, 3.63) is 0 Å². The number of carbonyl (C=O) groups excluding carboxylic acids is 1. The maximum absolute atomic E-state index is 12.8. The van der Waals surface area contributed by atoms with E-state index < -0.39 is 0 Å². The number of nitrogens with one attached hydrogen (secondary N) is 2. The summed E-state index contributed by atoms with van der Waals surface area (Å²) in [6.45, 7) is 8.04. The smallest absolute Gasteiger partial charge is 0.404 e. The molecule has 6 atom stereocenters. The molecule has 0 radical (unpaired) electrons. The highest BCUT2D eigenvalue weighted by Crippen LogP contribution is 2.61. The highest BCUT2D eigenvalue weighted by molar-refractivity contribution is 6.47. The first-order chi connectivity index (χ1) is 12.5. The first kappa shape index (κ1) is 17.5. The summed E-state index contributed by atoms with van der Waals surface area (Å²) in [7, 11) is -0.222. The van der Waals surface area contributed by atoms with Gasteiger partial charge in [-0.3, -0.25) is 4.79 Å². The fraction of sp³-hybridized carbons (Fsp3) is 0.947. The van der Waals surface area contributed by atoms with Crippen LogP contribution in [0, 0.1) is 17.3 Å². The van der Waals surface area contributed by atoms with Gasteiger partial charge in [0.25, 0.3) is 0 Å². The molecular weight excluding hydrogens is 329 g/mol. The molecule has 3 saturated heterocycles. The van der Waals surface area contributed by atoms with Crippen LogP contribution in [0.1, 0.15) is 46.0 Å².